The molecule has 0 aliphatic heterocycles. The number of halogens is 1. The van der Waals surface area contributed by atoms with Crippen LogP contribution in [-0.2, 0) is 4.74 Å². The Hall–Kier alpha value is 0.550. The summed E-state index contributed by atoms with van der Waals surface area (Å²) in [5.41, 5.74) is -0.352. The number of ether oxygens (including phenoxy) is 1. The Bertz CT molecular complexity index is 108. The van der Waals surface area contributed by atoms with Crippen molar-refractivity contribution in [2.75, 3.05) is 0 Å². The lowest BCUT2D eigenvalue weighted by Gasteiger charge is -2.17. The van der Waals surface area contributed by atoms with Crippen LogP contribution in [0, 0.1) is 0 Å². The predicted molar refractivity (Wildman–Crippen MR) is 47.8 cm³/mol. The lowest BCUT2D eigenvalue weighted by atomic mass is 10.2. The summed E-state index contributed by atoms with van der Waals surface area (Å²) in [4.78, 5) is 10.6. The molecule has 0 radical (unpaired) electrons. The van der Waals surface area contributed by atoms with Gasteiger partial charge in [0.15, 0.2) is 0 Å². The van der Waals surface area contributed by atoms with Crippen LogP contribution in [0.1, 0.15) is 20.8 Å². The number of rotatable bonds is 0. The first-order valence-electron chi connectivity index (χ1n) is 2.47. The summed E-state index contributed by atoms with van der Waals surface area (Å²) in [6.07, 6.45) is 0. The van der Waals surface area contributed by atoms with Crippen LogP contribution < -0.4 is 0 Å². The van der Waals surface area contributed by atoms with Crippen LogP contribution in [0.25, 0.3) is 0 Å². The molecule has 0 aromatic carbocycles. The fourth-order valence-corrected chi connectivity index (χ4v) is 0.817. The Labute approximate surface area is 71.3 Å². The minimum absolute atomic E-state index is 0.233. The van der Waals surface area contributed by atoms with E-state index in [2.05, 4.69) is 0 Å². The molecule has 0 aliphatic rings. The molecule has 0 bridgehead atoms. The van der Waals surface area contributed by atoms with Gasteiger partial charge in [0.05, 0.1) is 0 Å². The Morgan fingerprint density at radius 3 is 2.11 bits per heavy atom. The lowest BCUT2D eigenvalue weighted by molar-refractivity contribution is 0.0741. The quantitative estimate of drug-likeness (QED) is 0.494. The Morgan fingerprint density at radius 2 is 2.00 bits per heavy atom. The maximum Gasteiger partial charge on any atom is 0.378 e. The van der Waals surface area contributed by atoms with Gasteiger partial charge in [0.25, 0.3) is 0 Å². The number of hydrogen-bond donors (Lipinski definition) is 0. The van der Waals surface area contributed by atoms with Gasteiger partial charge in [-0.3, -0.25) is 0 Å². The lowest BCUT2D eigenvalue weighted by Crippen LogP contribution is -2.20. The van der Waals surface area contributed by atoms with E-state index in [4.69, 9.17) is 4.74 Å². The average molecular weight is 260 g/mol. The highest BCUT2D eigenvalue weighted by Crippen LogP contribution is 2.19. The van der Waals surface area contributed by atoms with Crippen molar-refractivity contribution in [1.29, 1.82) is 0 Å². The van der Waals surface area contributed by atoms with Crippen LogP contribution >= 0.6 is 30.1 Å². The van der Waals surface area contributed by atoms with E-state index in [0.717, 1.165) is 8.93 Å². The molecule has 0 spiro atoms. The molecule has 0 amide bonds. The van der Waals surface area contributed by atoms with Crippen LogP contribution in [-0.4, -0.2) is 10.9 Å². The summed E-state index contributed by atoms with van der Waals surface area (Å²) in [5, 5.41) is -0.233. The number of carbonyl (C=O) groups is 1. The third-order valence-corrected chi connectivity index (χ3v) is 1.74. The number of carbonyl (C=O) groups excluding carboxylic acids is 1. The molecule has 54 valence electrons. The predicted octanol–water partition coefficient (Wildman–Crippen LogP) is 3.00. The SMILES string of the molecule is CC(C)(C)OC(=O)SI. The molecule has 0 aromatic rings. The molecule has 0 saturated heterocycles. The van der Waals surface area contributed by atoms with Gasteiger partial charge in [0.1, 0.15) is 5.60 Å². The zero-order valence-electron chi connectivity index (χ0n) is 5.60. The molecule has 0 unspecified atom stereocenters. The van der Waals surface area contributed by atoms with E-state index in [0.29, 0.717) is 0 Å². The van der Waals surface area contributed by atoms with Crippen molar-refractivity contribution in [3.05, 3.63) is 0 Å². The third kappa shape index (κ3) is 6.44. The highest BCUT2D eigenvalue weighted by Gasteiger charge is 2.15. The largest absolute Gasteiger partial charge is 0.451 e. The fraction of sp³-hybridized carbons (Fsp3) is 0.800. The third-order valence-electron chi connectivity index (χ3n) is 0.453. The van der Waals surface area contributed by atoms with E-state index >= 15 is 0 Å². The summed E-state index contributed by atoms with van der Waals surface area (Å²) in [7, 11) is 1.06. The van der Waals surface area contributed by atoms with Crippen molar-refractivity contribution in [3.8, 4) is 0 Å². The van der Waals surface area contributed by atoms with E-state index < -0.39 is 0 Å². The van der Waals surface area contributed by atoms with Crippen molar-refractivity contribution in [1.82, 2.24) is 0 Å². The van der Waals surface area contributed by atoms with Crippen LogP contribution in [0.15, 0.2) is 0 Å². The molecule has 2 nitrogen and oxygen atoms in total. The molecule has 0 heterocycles. The molecule has 0 atom stereocenters. The van der Waals surface area contributed by atoms with Crippen molar-refractivity contribution in [2.24, 2.45) is 0 Å². The van der Waals surface area contributed by atoms with E-state index in [-0.39, 0.29) is 10.9 Å². The first-order valence-corrected chi connectivity index (χ1v) is 5.83. The molecular formula is C5H9IO2S. The van der Waals surface area contributed by atoms with E-state index in [1.807, 2.05) is 42.0 Å². The van der Waals surface area contributed by atoms with E-state index in [9.17, 15) is 4.79 Å². The molecule has 4 heteroatoms. The highest BCUT2D eigenvalue weighted by atomic mass is 127. The summed E-state index contributed by atoms with van der Waals surface area (Å²) < 4.78 is 4.90. The van der Waals surface area contributed by atoms with Gasteiger partial charge in [-0.25, -0.2) is 4.79 Å². The maximum atomic E-state index is 10.6. The van der Waals surface area contributed by atoms with Crippen LogP contribution in [0.4, 0.5) is 4.79 Å². The summed E-state index contributed by atoms with van der Waals surface area (Å²) in [6, 6.07) is 0. The molecule has 0 fully saturated rings. The van der Waals surface area contributed by atoms with Gasteiger partial charge in [-0.2, -0.15) is 0 Å². The molecule has 0 saturated carbocycles. The summed E-state index contributed by atoms with van der Waals surface area (Å²) >= 11 is 1.90. The molecular weight excluding hydrogens is 251 g/mol. The zero-order valence-corrected chi connectivity index (χ0v) is 8.58. The van der Waals surface area contributed by atoms with Gasteiger partial charge in [-0.05, 0) is 20.8 Å². The van der Waals surface area contributed by atoms with Gasteiger partial charge >= 0.3 is 5.30 Å². The second-order valence-electron chi connectivity index (χ2n) is 2.54. The minimum atomic E-state index is -0.352. The van der Waals surface area contributed by atoms with E-state index in [1.54, 1.807) is 0 Å². The second-order valence-corrected chi connectivity index (χ2v) is 4.35. The molecule has 0 aromatic heterocycles. The molecule has 0 aliphatic carbocycles. The highest BCUT2D eigenvalue weighted by molar-refractivity contribution is 14.2. The second kappa shape index (κ2) is 3.65. The van der Waals surface area contributed by atoms with Crippen molar-refractivity contribution in [3.63, 3.8) is 0 Å². The Kier molecular flexibility index (Phi) is 3.88. The Morgan fingerprint density at radius 1 is 1.56 bits per heavy atom. The first-order chi connectivity index (χ1) is 3.95. The van der Waals surface area contributed by atoms with Gasteiger partial charge in [-0.15, -0.1) is 0 Å². The summed E-state index contributed by atoms with van der Waals surface area (Å²) in [6.45, 7) is 5.54. The number of hydrogen-bond acceptors (Lipinski definition) is 3. The van der Waals surface area contributed by atoms with Gasteiger partial charge in [-0.1, -0.05) is 0 Å². The van der Waals surface area contributed by atoms with E-state index in [1.165, 1.54) is 0 Å². The summed E-state index contributed by atoms with van der Waals surface area (Å²) in [5.74, 6) is 0. The van der Waals surface area contributed by atoms with Crippen molar-refractivity contribution < 1.29 is 9.53 Å². The standard InChI is InChI=1S/C5H9IO2S/c1-5(2,3)8-4(7)9-6/h1-3H3. The van der Waals surface area contributed by atoms with Gasteiger partial charge in [0.2, 0.25) is 0 Å². The van der Waals surface area contributed by atoms with Crippen molar-refractivity contribution >= 4 is 35.4 Å². The average Bonchev–Trinajstić information content (AvgIpc) is 1.62. The van der Waals surface area contributed by atoms with Crippen molar-refractivity contribution in [2.45, 2.75) is 26.4 Å². The maximum absolute atomic E-state index is 10.6. The topological polar surface area (TPSA) is 26.3 Å². The normalized spacial score (nSPS) is 11.1. The smallest absolute Gasteiger partial charge is 0.378 e. The Balaban J connectivity index is 3.60. The fourth-order valence-electron chi connectivity index (χ4n) is 0.266. The molecule has 0 N–H and O–H groups in total. The van der Waals surface area contributed by atoms with Crippen LogP contribution in [0.5, 0.6) is 0 Å². The van der Waals surface area contributed by atoms with Gasteiger partial charge < -0.3 is 4.74 Å². The van der Waals surface area contributed by atoms with Crippen LogP contribution in [0.3, 0.4) is 0 Å². The van der Waals surface area contributed by atoms with Crippen LogP contribution in [0.2, 0.25) is 0 Å². The zero-order chi connectivity index (χ0) is 7.49. The first kappa shape index (κ1) is 9.55. The monoisotopic (exact) mass is 260 g/mol. The minimum Gasteiger partial charge on any atom is -0.451 e. The van der Waals surface area contributed by atoms with Gasteiger partial charge in [0, 0.05) is 30.1 Å². The molecule has 0 rings (SSSR count). The molecule has 9 heavy (non-hydrogen) atoms.